The van der Waals surface area contributed by atoms with E-state index in [-0.39, 0.29) is 5.57 Å². The second-order valence-electron chi connectivity index (χ2n) is 1.91. The van der Waals surface area contributed by atoms with Crippen LogP contribution >= 0.6 is 0 Å². The van der Waals surface area contributed by atoms with Crippen LogP contribution in [-0.2, 0) is 14.3 Å². The zero-order valence-corrected chi connectivity index (χ0v) is 6.46. The zero-order chi connectivity index (χ0) is 8.85. The van der Waals surface area contributed by atoms with Gasteiger partial charge >= 0.3 is 11.9 Å². The van der Waals surface area contributed by atoms with Crippen LogP contribution in [0.1, 0.15) is 20.3 Å². The molecule has 0 atom stereocenters. The molecule has 4 nitrogen and oxygen atoms in total. The van der Waals surface area contributed by atoms with Gasteiger partial charge < -0.3 is 9.84 Å². The summed E-state index contributed by atoms with van der Waals surface area (Å²) in [4.78, 5) is 20.5. The van der Waals surface area contributed by atoms with Gasteiger partial charge in [0.25, 0.3) is 0 Å². The number of esters is 1. The van der Waals surface area contributed by atoms with Crippen molar-refractivity contribution in [2.45, 2.75) is 20.3 Å². The van der Waals surface area contributed by atoms with Crippen LogP contribution in [0, 0.1) is 0 Å². The SMILES string of the molecule is CCC(=COC(C)=O)C(=O)O. The molecule has 0 radical (unpaired) electrons. The number of carboxylic acids is 1. The fraction of sp³-hybridized carbons (Fsp3) is 0.429. The smallest absolute Gasteiger partial charge is 0.334 e. The van der Waals surface area contributed by atoms with E-state index in [9.17, 15) is 9.59 Å². The van der Waals surface area contributed by atoms with Crippen molar-refractivity contribution in [3.8, 4) is 0 Å². The van der Waals surface area contributed by atoms with E-state index in [2.05, 4.69) is 4.74 Å². The molecule has 0 saturated carbocycles. The summed E-state index contributed by atoms with van der Waals surface area (Å²) in [5.74, 6) is -1.58. The van der Waals surface area contributed by atoms with E-state index in [0.717, 1.165) is 6.26 Å². The predicted octanol–water partition coefficient (Wildman–Crippen LogP) is 0.928. The summed E-state index contributed by atoms with van der Waals surface area (Å²) in [6.45, 7) is 2.88. The largest absolute Gasteiger partial charge is 0.478 e. The minimum Gasteiger partial charge on any atom is -0.478 e. The van der Waals surface area contributed by atoms with Gasteiger partial charge in [-0.05, 0) is 6.42 Å². The first-order valence-electron chi connectivity index (χ1n) is 3.17. The predicted molar refractivity (Wildman–Crippen MR) is 37.8 cm³/mol. The van der Waals surface area contributed by atoms with Crippen molar-refractivity contribution in [1.82, 2.24) is 0 Å². The maximum Gasteiger partial charge on any atom is 0.334 e. The molecular weight excluding hydrogens is 148 g/mol. The molecule has 0 rings (SSSR count). The Balaban J connectivity index is 4.13. The molecule has 0 aliphatic carbocycles. The van der Waals surface area contributed by atoms with Gasteiger partial charge in [-0.2, -0.15) is 0 Å². The summed E-state index contributed by atoms with van der Waals surface area (Å²) in [6, 6.07) is 0. The highest BCUT2D eigenvalue weighted by Gasteiger charge is 2.04. The van der Waals surface area contributed by atoms with E-state index in [1.54, 1.807) is 6.92 Å². The van der Waals surface area contributed by atoms with Crippen LogP contribution in [0.2, 0.25) is 0 Å². The number of hydrogen-bond donors (Lipinski definition) is 1. The maximum atomic E-state index is 10.3. The van der Waals surface area contributed by atoms with Crippen LogP contribution in [0.3, 0.4) is 0 Å². The number of rotatable bonds is 3. The van der Waals surface area contributed by atoms with E-state index in [4.69, 9.17) is 5.11 Å². The summed E-state index contributed by atoms with van der Waals surface area (Å²) in [5.41, 5.74) is 0.0835. The topological polar surface area (TPSA) is 63.6 Å². The summed E-state index contributed by atoms with van der Waals surface area (Å²) < 4.78 is 4.37. The molecule has 0 unspecified atom stereocenters. The first kappa shape index (κ1) is 9.68. The fourth-order valence-corrected chi connectivity index (χ4v) is 0.439. The van der Waals surface area contributed by atoms with Gasteiger partial charge in [-0.15, -0.1) is 0 Å². The van der Waals surface area contributed by atoms with E-state index in [1.807, 2.05) is 0 Å². The van der Waals surface area contributed by atoms with Crippen molar-refractivity contribution in [2.75, 3.05) is 0 Å². The maximum absolute atomic E-state index is 10.3. The van der Waals surface area contributed by atoms with Gasteiger partial charge in [-0.25, -0.2) is 4.79 Å². The summed E-state index contributed by atoms with van der Waals surface area (Å²) in [5, 5.41) is 8.43. The number of aliphatic carboxylic acids is 1. The van der Waals surface area contributed by atoms with Gasteiger partial charge in [0.15, 0.2) is 0 Å². The Morgan fingerprint density at radius 2 is 2.09 bits per heavy atom. The Morgan fingerprint density at radius 1 is 1.55 bits per heavy atom. The van der Waals surface area contributed by atoms with Gasteiger partial charge in [-0.1, -0.05) is 6.92 Å². The van der Waals surface area contributed by atoms with Crippen molar-refractivity contribution >= 4 is 11.9 Å². The molecule has 4 heteroatoms. The molecular formula is C7H10O4. The molecule has 0 saturated heterocycles. The lowest BCUT2D eigenvalue weighted by molar-refractivity contribution is -0.135. The second kappa shape index (κ2) is 4.49. The molecule has 0 heterocycles. The molecule has 0 aromatic heterocycles. The van der Waals surface area contributed by atoms with Gasteiger partial charge in [0.2, 0.25) is 0 Å². The Morgan fingerprint density at radius 3 is 2.36 bits per heavy atom. The first-order chi connectivity index (χ1) is 5.07. The average molecular weight is 158 g/mol. The minimum atomic E-state index is -1.06. The van der Waals surface area contributed by atoms with Crippen LogP contribution in [0.25, 0.3) is 0 Å². The molecule has 1 N–H and O–H groups in total. The Kier molecular flexibility index (Phi) is 3.95. The summed E-state index contributed by atoms with van der Waals surface area (Å²) >= 11 is 0. The van der Waals surface area contributed by atoms with Gasteiger partial charge in [0.1, 0.15) is 6.26 Å². The normalized spacial score (nSPS) is 10.9. The molecule has 11 heavy (non-hydrogen) atoms. The molecule has 0 aromatic carbocycles. The minimum absolute atomic E-state index is 0.0835. The molecule has 0 aliphatic rings. The third-order valence-corrected chi connectivity index (χ3v) is 1.02. The lowest BCUT2D eigenvalue weighted by atomic mass is 10.2. The number of carbonyl (C=O) groups excluding carboxylic acids is 1. The third-order valence-electron chi connectivity index (χ3n) is 1.02. The molecule has 0 aliphatic heterocycles. The van der Waals surface area contributed by atoms with Crippen molar-refractivity contribution < 1.29 is 19.4 Å². The fourth-order valence-electron chi connectivity index (χ4n) is 0.439. The van der Waals surface area contributed by atoms with Crippen LogP contribution in [-0.4, -0.2) is 17.0 Å². The van der Waals surface area contributed by atoms with E-state index >= 15 is 0 Å². The number of carbonyl (C=O) groups is 2. The van der Waals surface area contributed by atoms with Crippen molar-refractivity contribution in [3.05, 3.63) is 11.8 Å². The number of hydrogen-bond acceptors (Lipinski definition) is 3. The van der Waals surface area contributed by atoms with E-state index in [1.165, 1.54) is 6.92 Å². The monoisotopic (exact) mass is 158 g/mol. The summed E-state index contributed by atoms with van der Waals surface area (Å²) in [7, 11) is 0. The van der Waals surface area contributed by atoms with Crippen molar-refractivity contribution in [2.24, 2.45) is 0 Å². The highest BCUT2D eigenvalue weighted by Crippen LogP contribution is 2.00. The Bertz CT molecular complexity index is 193. The Hall–Kier alpha value is -1.32. The Labute approximate surface area is 64.5 Å². The first-order valence-corrected chi connectivity index (χ1v) is 3.17. The zero-order valence-electron chi connectivity index (χ0n) is 6.46. The van der Waals surface area contributed by atoms with E-state index < -0.39 is 11.9 Å². The quantitative estimate of drug-likeness (QED) is 0.377. The molecule has 0 fully saturated rings. The molecule has 0 amide bonds. The van der Waals surface area contributed by atoms with Gasteiger partial charge in [-0.3, -0.25) is 4.79 Å². The number of carboxylic acid groups (broad SMARTS) is 1. The van der Waals surface area contributed by atoms with Crippen LogP contribution < -0.4 is 0 Å². The third kappa shape index (κ3) is 4.13. The standard InChI is InChI=1S/C7H10O4/c1-3-6(7(9)10)4-11-5(2)8/h4H,3H2,1-2H3,(H,9,10). The molecule has 62 valence electrons. The van der Waals surface area contributed by atoms with E-state index in [0.29, 0.717) is 6.42 Å². The summed E-state index contributed by atoms with van der Waals surface area (Å²) in [6.07, 6.45) is 1.30. The highest BCUT2D eigenvalue weighted by molar-refractivity contribution is 5.86. The highest BCUT2D eigenvalue weighted by atomic mass is 16.5. The lowest BCUT2D eigenvalue weighted by Gasteiger charge is -1.96. The second-order valence-corrected chi connectivity index (χ2v) is 1.91. The van der Waals surface area contributed by atoms with Gasteiger partial charge in [0, 0.05) is 6.92 Å². The van der Waals surface area contributed by atoms with Crippen molar-refractivity contribution in [3.63, 3.8) is 0 Å². The molecule has 0 spiro atoms. The van der Waals surface area contributed by atoms with Crippen LogP contribution in [0.4, 0.5) is 0 Å². The molecule has 0 aromatic rings. The number of ether oxygens (including phenoxy) is 1. The van der Waals surface area contributed by atoms with Crippen LogP contribution in [0.5, 0.6) is 0 Å². The van der Waals surface area contributed by atoms with Gasteiger partial charge in [0.05, 0.1) is 5.57 Å². The average Bonchev–Trinajstić information content (AvgIpc) is 1.87. The lowest BCUT2D eigenvalue weighted by Crippen LogP contribution is -2.01. The van der Waals surface area contributed by atoms with Crippen LogP contribution in [0.15, 0.2) is 11.8 Å². The molecule has 0 bridgehead atoms. The van der Waals surface area contributed by atoms with Crippen molar-refractivity contribution in [1.29, 1.82) is 0 Å².